The molecule has 4 nitrogen and oxygen atoms in total. The molecule has 16 heavy (non-hydrogen) atoms. The first-order chi connectivity index (χ1) is 7.81. The normalized spacial score (nSPS) is 32.7. The molecule has 0 aliphatic carbocycles. The quantitative estimate of drug-likeness (QED) is 0.791. The van der Waals surface area contributed by atoms with Crippen molar-refractivity contribution in [2.45, 2.75) is 25.5 Å². The van der Waals surface area contributed by atoms with Gasteiger partial charge in [0.15, 0.2) is 11.4 Å². The van der Waals surface area contributed by atoms with Gasteiger partial charge in [0.2, 0.25) is 5.88 Å². The number of hydrogen-bond acceptors (Lipinski definition) is 4. The first-order valence-corrected chi connectivity index (χ1v) is 6.09. The summed E-state index contributed by atoms with van der Waals surface area (Å²) in [6.45, 7) is 2.30. The molecule has 5 heteroatoms. The van der Waals surface area contributed by atoms with Gasteiger partial charge in [-0.1, -0.05) is 11.6 Å². The third-order valence-electron chi connectivity index (χ3n) is 3.46. The minimum Gasteiger partial charge on any atom is -0.457 e. The molecule has 1 atom stereocenters. The van der Waals surface area contributed by atoms with Gasteiger partial charge in [0, 0.05) is 25.6 Å². The zero-order valence-corrected chi connectivity index (χ0v) is 9.73. The summed E-state index contributed by atoms with van der Waals surface area (Å²) in [5.74, 6) is 1.40. The minimum absolute atomic E-state index is 0.183. The van der Waals surface area contributed by atoms with Gasteiger partial charge < -0.3 is 4.74 Å². The van der Waals surface area contributed by atoms with E-state index in [0.29, 0.717) is 11.0 Å². The number of ether oxygens (including phenoxy) is 1. The fourth-order valence-corrected chi connectivity index (χ4v) is 2.64. The van der Waals surface area contributed by atoms with Gasteiger partial charge in [0.05, 0.1) is 0 Å². The van der Waals surface area contributed by atoms with E-state index in [1.54, 1.807) is 12.1 Å². The second kappa shape index (κ2) is 4.18. The third kappa shape index (κ3) is 1.99. The topological polar surface area (TPSA) is 38.2 Å². The Bertz CT molecular complexity index is 362. The summed E-state index contributed by atoms with van der Waals surface area (Å²) in [6, 6.07) is 3.49. The highest BCUT2D eigenvalue weighted by atomic mass is 35.5. The zero-order chi connectivity index (χ0) is 11.0. The average Bonchev–Trinajstić information content (AvgIpc) is 2.34. The molecule has 0 spiro atoms. The Balaban J connectivity index is 1.68. The number of aromatic nitrogens is 2. The summed E-state index contributed by atoms with van der Waals surface area (Å²) >= 11 is 5.68. The minimum atomic E-state index is 0.183. The molecule has 3 saturated heterocycles. The second-order valence-corrected chi connectivity index (χ2v) is 4.87. The third-order valence-corrected chi connectivity index (χ3v) is 3.66. The van der Waals surface area contributed by atoms with Crippen molar-refractivity contribution < 1.29 is 4.74 Å². The predicted molar refractivity (Wildman–Crippen MR) is 60.4 cm³/mol. The maximum Gasteiger partial charge on any atom is 0.235 e. The molecule has 1 unspecified atom stereocenters. The van der Waals surface area contributed by atoms with Crippen molar-refractivity contribution in [1.29, 1.82) is 0 Å². The van der Waals surface area contributed by atoms with Crippen LogP contribution in [0.1, 0.15) is 19.3 Å². The van der Waals surface area contributed by atoms with Crippen molar-refractivity contribution in [3.05, 3.63) is 17.3 Å². The van der Waals surface area contributed by atoms with Gasteiger partial charge >= 0.3 is 0 Å². The largest absolute Gasteiger partial charge is 0.457 e. The van der Waals surface area contributed by atoms with Crippen LogP contribution in [0.5, 0.6) is 5.88 Å². The first kappa shape index (κ1) is 10.3. The lowest BCUT2D eigenvalue weighted by Gasteiger charge is -2.44. The fourth-order valence-electron chi connectivity index (χ4n) is 2.54. The molecule has 3 aliphatic heterocycles. The smallest absolute Gasteiger partial charge is 0.235 e. The molecule has 4 heterocycles. The summed E-state index contributed by atoms with van der Waals surface area (Å²) < 4.78 is 5.84. The average molecular weight is 240 g/mol. The molecule has 86 valence electrons. The molecule has 2 bridgehead atoms. The summed E-state index contributed by atoms with van der Waals surface area (Å²) in [7, 11) is 0. The van der Waals surface area contributed by atoms with Gasteiger partial charge in [0.1, 0.15) is 0 Å². The lowest BCUT2D eigenvalue weighted by atomic mass is 9.87. The highest BCUT2D eigenvalue weighted by molar-refractivity contribution is 6.29. The first-order valence-electron chi connectivity index (χ1n) is 5.71. The SMILES string of the molecule is Clc1ccc(OC2CC3CCN2CC3)nn1. The molecule has 1 aromatic rings. The Kier molecular flexibility index (Phi) is 2.69. The molecule has 0 saturated carbocycles. The molecule has 3 aliphatic rings. The van der Waals surface area contributed by atoms with E-state index in [2.05, 4.69) is 15.1 Å². The highest BCUT2D eigenvalue weighted by Gasteiger charge is 2.34. The monoisotopic (exact) mass is 239 g/mol. The van der Waals surface area contributed by atoms with E-state index in [0.717, 1.165) is 25.4 Å². The highest BCUT2D eigenvalue weighted by Crippen LogP contribution is 2.32. The van der Waals surface area contributed by atoms with Crippen molar-refractivity contribution in [2.24, 2.45) is 5.92 Å². The van der Waals surface area contributed by atoms with Crippen LogP contribution in [0.25, 0.3) is 0 Å². The van der Waals surface area contributed by atoms with Crippen LogP contribution in [0, 0.1) is 5.92 Å². The molecule has 3 fully saturated rings. The summed E-state index contributed by atoms with van der Waals surface area (Å²) in [5, 5.41) is 8.10. The van der Waals surface area contributed by atoms with E-state index >= 15 is 0 Å². The molecular formula is C11H14ClN3O. The van der Waals surface area contributed by atoms with Crippen LogP contribution in [0.2, 0.25) is 5.15 Å². The van der Waals surface area contributed by atoms with Gasteiger partial charge in [-0.25, -0.2) is 0 Å². The summed E-state index contributed by atoms with van der Waals surface area (Å²) in [5.41, 5.74) is 0. The maximum atomic E-state index is 5.84. The van der Waals surface area contributed by atoms with Crippen molar-refractivity contribution in [1.82, 2.24) is 15.1 Å². The van der Waals surface area contributed by atoms with E-state index in [-0.39, 0.29) is 6.23 Å². The van der Waals surface area contributed by atoms with Crippen LogP contribution in [0.3, 0.4) is 0 Å². The Morgan fingerprint density at radius 1 is 1.25 bits per heavy atom. The zero-order valence-electron chi connectivity index (χ0n) is 8.97. The predicted octanol–water partition coefficient (Wildman–Crippen LogP) is 1.95. The van der Waals surface area contributed by atoms with Gasteiger partial charge in [0.25, 0.3) is 0 Å². The molecular weight excluding hydrogens is 226 g/mol. The lowest BCUT2D eigenvalue weighted by Crippen LogP contribution is -2.51. The number of fused-ring (bicyclic) bond motifs is 3. The standard InChI is InChI=1S/C11H14ClN3O/c12-9-1-2-10(14-13-9)16-11-7-8-3-5-15(11)6-4-8/h1-2,8,11H,3-7H2. The Hall–Kier alpha value is -0.870. The Labute approximate surface area is 99.6 Å². The van der Waals surface area contributed by atoms with Crippen molar-refractivity contribution in [3.63, 3.8) is 0 Å². The number of nitrogens with zero attached hydrogens (tertiary/aromatic N) is 3. The number of halogens is 1. The van der Waals surface area contributed by atoms with Gasteiger partial charge in [-0.05, 0) is 24.8 Å². The lowest BCUT2D eigenvalue weighted by molar-refractivity contribution is -0.0629. The van der Waals surface area contributed by atoms with Crippen LogP contribution in [-0.4, -0.2) is 34.4 Å². The molecule has 0 aromatic carbocycles. The van der Waals surface area contributed by atoms with Gasteiger partial charge in [-0.3, -0.25) is 4.90 Å². The van der Waals surface area contributed by atoms with E-state index in [1.165, 1.54) is 12.8 Å². The molecule has 0 amide bonds. The molecule has 0 radical (unpaired) electrons. The Morgan fingerprint density at radius 3 is 2.62 bits per heavy atom. The van der Waals surface area contributed by atoms with Crippen LogP contribution < -0.4 is 4.74 Å². The number of piperidine rings is 3. The van der Waals surface area contributed by atoms with Gasteiger partial charge in [-0.2, -0.15) is 0 Å². The van der Waals surface area contributed by atoms with E-state index in [9.17, 15) is 0 Å². The Morgan fingerprint density at radius 2 is 2.06 bits per heavy atom. The maximum absolute atomic E-state index is 5.84. The number of rotatable bonds is 2. The van der Waals surface area contributed by atoms with Crippen LogP contribution >= 0.6 is 11.6 Å². The summed E-state index contributed by atoms with van der Waals surface area (Å²) in [6.07, 6.45) is 3.92. The van der Waals surface area contributed by atoms with Crippen LogP contribution in [-0.2, 0) is 0 Å². The second-order valence-electron chi connectivity index (χ2n) is 4.48. The molecule has 1 aromatic heterocycles. The van der Waals surface area contributed by atoms with Crippen molar-refractivity contribution in [2.75, 3.05) is 13.1 Å². The van der Waals surface area contributed by atoms with Crippen molar-refractivity contribution in [3.8, 4) is 5.88 Å². The van der Waals surface area contributed by atoms with Crippen molar-refractivity contribution >= 4 is 11.6 Å². The molecule has 0 N–H and O–H groups in total. The van der Waals surface area contributed by atoms with Crippen LogP contribution in [0.15, 0.2) is 12.1 Å². The van der Waals surface area contributed by atoms with Gasteiger partial charge in [-0.15, -0.1) is 10.2 Å². The van der Waals surface area contributed by atoms with E-state index in [4.69, 9.17) is 16.3 Å². The van der Waals surface area contributed by atoms with Crippen LogP contribution in [0.4, 0.5) is 0 Å². The fraction of sp³-hybridized carbons (Fsp3) is 0.636. The van der Waals surface area contributed by atoms with E-state index in [1.807, 2.05) is 0 Å². The van der Waals surface area contributed by atoms with E-state index < -0.39 is 0 Å². The summed E-state index contributed by atoms with van der Waals surface area (Å²) in [4.78, 5) is 2.39. The number of hydrogen-bond donors (Lipinski definition) is 0. The molecule has 4 rings (SSSR count).